The zero-order valence-corrected chi connectivity index (χ0v) is 13.1. The summed E-state index contributed by atoms with van der Waals surface area (Å²) in [5, 5.41) is 22.6. The molecule has 1 fully saturated rings. The number of phenols is 1. The van der Waals surface area contributed by atoms with E-state index in [1.807, 2.05) is 0 Å². The second kappa shape index (κ2) is 6.96. The number of phenolic OH excluding ortho intramolecular Hbond substituents is 1. The lowest BCUT2D eigenvalue weighted by Crippen LogP contribution is -2.33. The van der Waals surface area contributed by atoms with E-state index in [4.69, 9.17) is 4.74 Å². The van der Waals surface area contributed by atoms with E-state index in [1.165, 1.54) is 26.4 Å². The van der Waals surface area contributed by atoms with Gasteiger partial charge in [0.25, 0.3) is 0 Å². The molecule has 0 spiro atoms. The predicted octanol–water partition coefficient (Wildman–Crippen LogP) is 3.65. The first-order valence-corrected chi connectivity index (χ1v) is 7.67. The van der Waals surface area contributed by atoms with Crippen molar-refractivity contribution in [2.24, 2.45) is 0 Å². The van der Waals surface area contributed by atoms with E-state index >= 15 is 0 Å². The van der Waals surface area contributed by atoms with Crippen molar-refractivity contribution in [1.29, 1.82) is 5.26 Å². The minimum absolute atomic E-state index is 0.0607. The number of benzene rings is 1. The molecule has 4 nitrogen and oxygen atoms in total. The molecule has 0 aromatic heterocycles. The van der Waals surface area contributed by atoms with E-state index in [1.54, 1.807) is 12.1 Å². The van der Waals surface area contributed by atoms with Crippen LogP contribution in [0.15, 0.2) is 16.6 Å². The fourth-order valence-electron chi connectivity index (χ4n) is 2.63. The van der Waals surface area contributed by atoms with Crippen LogP contribution in [0.3, 0.4) is 0 Å². The molecule has 0 heterocycles. The van der Waals surface area contributed by atoms with Crippen molar-refractivity contribution in [3.63, 3.8) is 0 Å². The number of hydrogen-bond donors (Lipinski definition) is 2. The van der Waals surface area contributed by atoms with Crippen LogP contribution in [0.1, 0.15) is 43.7 Å². The lowest BCUT2D eigenvalue weighted by molar-refractivity contribution is 0.356. The monoisotopic (exact) mass is 338 g/mol. The van der Waals surface area contributed by atoms with Crippen LogP contribution in [0.2, 0.25) is 0 Å². The Hall–Kier alpha value is -1.25. The maximum Gasteiger partial charge on any atom is 0.172 e. The smallest absolute Gasteiger partial charge is 0.172 e. The highest BCUT2D eigenvalue weighted by molar-refractivity contribution is 9.10. The molecular weight excluding hydrogens is 320 g/mol. The topological polar surface area (TPSA) is 65.3 Å². The Bertz CT molecular complexity index is 507. The van der Waals surface area contributed by atoms with Gasteiger partial charge in [0.15, 0.2) is 11.5 Å². The van der Waals surface area contributed by atoms with E-state index in [2.05, 4.69) is 27.3 Å². The van der Waals surface area contributed by atoms with Gasteiger partial charge in [-0.15, -0.1) is 0 Å². The van der Waals surface area contributed by atoms with E-state index < -0.39 is 0 Å². The first-order valence-electron chi connectivity index (χ1n) is 6.87. The van der Waals surface area contributed by atoms with Gasteiger partial charge in [0, 0.05) is 6.04 Å². The molecule has 1 aromatic carbocycles. The Morgan fingerprint density at radius 1 is 1.40 bits per heavy atom. The third-order valence-electron chi connectivity index (χ3n) is 3.74. The molecule has 0 bridgehead atoms. The van der Waals surface area contributed by atoms with Crippen LogP contribution >= 0.6 is 15.9 Å². The molecule has 5 heteroatoms. The van der Waals surface area contributed by atoms with Gasteiger partial charge in [0.2, 0.25) is 0 Å². The van der Waals surface area contributed by atoms with E-state index in [9.17, 15) is 10.4 Å². The molecule has 108 valence electrons. The zero-order valence-electron chi connectivity index (χ0n) is 11.5. The number of ether oxygens (including phenoxy) is 1. The van der Waals surface area contributed by atoms with Gasteiger partial charge in [-0.3, -0.25) is 5.32 Å². The summed E-state index contributed by atoms with van der Waals surface area (Å²) in [6.07, 6.45) is 5.97. The summed E-state index contributed by atoms with van der Waals surface area (Å²) in [5.74, 6) is 0.436. The highest BCUT2D eigenvalue weighted by atomic mass is 79.9. The van der Waals surface area contributed by atoms with E-state index in [0.717, 1.165) is 18.4 Å². The lowest BCUT2D eigenvalue weighted by atomic mass is 9.94. The van der Waals surface area contributed by atoms with Crippen molar-refractivity contribution in [2.45, 2.75) is 44.2 Å². The van der Waals surface area contributed by atoms with Crippen molar-refractivity contribution < 1.29 is 9.84 Å². The normalized spacial score (nSPS) is 17.4. The highest BCUT2D eigenvalue weighted by Gasteiger charge is 2.21. The van der Waals surface area contributed by atoms with Crippen LogP contribution in [0.5, 0.6) is 11.5 Å². The van der Waals surface area contributed by atoms with Crippen molar-refractivity contribution >= 4 is 15.9 Å². The predicted molar refractivity (Wildman–Crippen MR) is 80.7 cm³/mol. The second-order valence-corrected chi connectivity index (χ2v) is 5.97. The van der Waals surface area contributed by atoms with E-state index in [-0.39, 0.29) is 11.8 Å². The minimum atomic E-state index is -0.385. The van der Waals surface area contributed by atoms with Crippen molar-refractivity contribution in [3.05, 3.63) is 22.2 Å². The molecular formula is C15H19BrN2O2. The highest BCUT2D eigenvalue weighted by Crippen LogP contribution is 2.37. The summed E-state index contributed by atoms with van der Waals surface area (Å²) < 4.78 is 5.67. The Labute approximate surface area is 127 Å². The van der Waals surface area contributed by atoms with E-state index in [0.29, 0.717) is 16.3 Å². The Morgan fingerprint density at radius 3 is 2.70 bits per heavy atom. The number of nitriles is 1. The fraction of sp³-hybridized carbons (Fsp3) is 0.533. The van der Waals surface area contributed by atoms with Gasteiger partial charge in [-0.05, 0) is 46.5 Å². The quantitative estimate of drug-likeness (QED) is 0.879. The molecule has 0 saturated heterocycles. The lowest BCUT2D eigenvalue weighted by Gasteiger charge is -2.25. The molecule has 1 aliphatic carbocycles. The van der Waals surface area contributed by atoms with Crippen molar-refractivity contribution in [3.8, 4) is 17.6 Å². The first kappa shape index (κ1) is 15.1. The molecule has 1 atom stereocenters. The molecule has 1 aliphatic rings. The molecule has 0 amide bonds. The molecule has 1 aromatic rings. The number of nitrogens with zero attached hydrogens (tertiary/aromatic N) is 1. The Morgan fingerprint density at radius 2 is 2.10 bits per heavy atom. The van der Waals surface area contributed by atoms with Crippen LogP contribution in [0.25, 0.3) is 0 Å². The van der Waals surface area contributed by atoms with Gasteiger partial charge < -0.3 is 9.84 Å². The molecule has 1 unspecified atom stereocenters. The summed E-state index contributed by atoms with van der Waals surface area (Å²) >= 11 is 3.29. The zero-order chi connectivity index (χ0) is 14.5. The summed E-state index contributed by atoms with van der Waals surface area (Å²) in [5.41, 5.74) is 0.805. The van der Waals surface area contributed by atoms with Crippen LogP contribution in [0, 0.1) is 11.3 Å². The van der Waals surface area contributed by atoms with Crippen LogP contribution in [-0.2, 0) is 0 Å². The van der Waals surface area contributed by atoms with Crippen LogP contribution in [-0.4, -0.2) is 18.3 Å². The van der Waals surface area contributed by atoms with Gasteiger partial charge in [-0.2, -0.15) is 5.26 Å². The summed E-state index contributed by atoms with van der Waals surface area (Å²) in [6.45, 7) is 0. The van der Waals surface area contributed by atoms with Gasteiger partial charge >= 0.3 is 0 Å². The molecule has 0 aliphatic heterocycles. The minimum Gasteiger partial charge on any atom is -0.503 e. The van der Waals surface area contributed by atoms with Crippen molar-refractivity contribution in [1.82, 2.24) is 5.32 Å². The summed E-state index contributed by atoms with van der Waals surface area (Å²) in [7, 11) is 1.50. The standard InChI is InChI=1S/C15H19BrN2O2/c1-20-14-8-10(7-12(16)15(14)19)13(9-17)18-11-5-3-2-4-6-11/h7-8,11,13,18-19H,2-6H2,1H3. The van der Waals surface area contributed by atoms with Crippen LogP contribution < -0.4 is 10.1 Å². The van der Waals surface area contributed by atoms with Crippen LogP contribution in [0.4, 0.5) is 0 Å². The number of halogens is 1. The molecule has 20 heavy (non-hydrogen) atoms. The van der Waals surface area contributed by atoms with Gasteiger partial charge in [-0.1, -0.05) is 19.3 Å². The number of aromatic hydroxyl groups is 1. The SMILES string of the molecule is COc1cc(C(C#N)NC2CCCCC2)cc(Br)c1O. The fourth-order valence-corrected chi connectivity index (χ4v) is 3.09. The summed E-state index contributed by atoms with van der Waals surface area (Å²) in [4.78, 5) is 0. The molecule has 2 rings (SSSR count). The summed E-state index contributed by atoms with van der Waals surface area (Å²) in [6, 6.07) is 5.78. The second-order valence-electron chi connectivity index (χ2n) is 5.12. The van der Waals surface area contributed by atoms with Gasteiger partial charge in [0.05, 0.1) is 17.7 Å². The molecule has 2 N–H and O–H groups in total. The third kappa shape index (κ3) is 3.44. The van der Waals surface area contributed by atoms with Gasteiger partial charge in [-0.25, -0.2) is 0 Å². The molecule has 1 saturated carbocycles. The number of methoxy groups -OCH3 is 1. The van der Waals surface area contributed by atoms with Gasteiger partial charge in [0.1, 0.15) is 6.04 Å². The Kier molecular flexibility index (Phi) is 5.27. The number of nitrogens with one attached hydrogen (secondary N) is 1. The van der Waals surface area contributed by atoms with Crippen molar-refractivity contribution in [2.75, 3.05) is 7.11 Å². The average Bonchev–Trinajstić information content (AvgIpc) is 2.48. The molecule has 0 radical (unpaired) electrons. The average molecular weight is 339 g/mol. The third-order valence-corrected chi connectivity index (χ3v) is 4.35. The largest absolute Gasteiger partial charge is 0.503 e. The Balaban J connectivity index is 2.18. The number of rotatable bonds is 4. The maximum atomic E-state index is 9.82. The maximum absolute atomic E-state index is 9.82. The number of hydrogen-bond acceptors (Lipinski definition) is 4. The first-order chi connectivity index (χ1) is 9.65.